The monoisotopic (exact) mass is 293 g/mol. The first-order chi connectivity index (χ1) is 9.97. The van der Waals surface area contributed by atoms with Gasteiger partial charge in [0.15, 0.2) is 0 Å². The summed E-state index contributed by atoms with van der Waals surface area (Å²) in [5, 5.41) is 20.6. The number of esters is 1. The molecule has 1 N–H and O–H groups in total. The molecule has 1 aromatic rings. The number of carbonyl (C=O) groups is 2. The van der Waals surface area contributed by atoms with Gasteiger partial charge in [0.05, 0.1) is 24.2 Å². The van der Waals surface area contributed by atoms with Crippen LogP contribution in [-0.4, -0.2) is 29.8 Å². The maximum Gasteiger partial charge on any atom is 0.338 e. The maximum absolute atomic E-state index is 12.0. The summed E-state index contributed by atoms with van der Waals surface area (Å²) in [6.07, 6.45) is 2.09. The Labute approximate surface area is 124 Å². The zero-order chi connectivity index (χ0) is 15.8. The molecule has 0 aliphatic heterocycles. The molecule has 1 aromatic carbocycles. The molecule has 0 heterocycles. The lowest BCUT2D eigenvalue weighted by atomic mass is 9.98. The Bertz CT molecular complexity index is 481. The fourth-order valence-corrected chi connectivity index (χ4v) is 2.03. The van der Waals surface area contributed by atoms with E-state index in [-0.39, 0.29) is 23.7 Å². The number of aromatic carboxylic acids is 1. The number of carboxylic acid groups (broad SMARTS) is 1. The highest BCUT2D eigenvalue weighted by atomic mass is 16.5. The van der Waals surface area contributed by atoms with Gasteiger partial charge in [-0.1, -0.05) is 38.0 Å². The molecule has 1 rings (SSSR count). The second kappa shape index (κ2) is 8.42. The number of aliphatic hydroxyl groups excluding tert-OH is 1. The topological polar surface area (TPSA) is 86.7 Å². The van der Waals surface area contributed by atoms with Crippen molar-refractivity contribution in [3.63, 3.8) is 0 Å². The number of hydrogen-bond acceptors (Lipinski definition) is 5. The van der Waals surface area contributed by atoms with E-state index in [1.54, 1.807) is 13.0 Å². The molecule has 0 radical (unpaired) electrons. The van der Waals surface area contributed by atoms with Gasteiger partial charge >= 0.3 is 5.97 Å². The van der Waals surface area contributed by atoms with Crippen LogP contribution in [-0.2, 0) is 4.74 Å². The SMILES string of the molecule is CCCCC(COC(=O)c1ccccc1C(=O)[O-])C(C)O. The molecule has 2 unspecified atom stereocenters. The summed E-state index contributed by atoms with van der Waals surface area (Å²) in [5.74, 6) is -2.28. The minimum Gasteiger partial charge on any atom is -0.545 e. The molecular weight excluding hydrogens is 272 g/mol. The van der Waals surface area contributed by atoms with Crippen LogP contribution in [0, 0.1) is 5.92 Å². The van der Waals surface area contributed by atoms with Gasteiger partial charge in [0.1, 0.15) is 0 Å². The van der Waals surface area contributed by atoms with Gasteiger partial charge in [-0.3, -0.25) is 0 Å². The Balaban J connectivity index is 2.70. The van der Waals surface area contributed by atoms with Crippen molar-refractivity contribution in [3.05, 3.63) is 35.4 Å². The first kappa shape index (κ1) is 17.2. The summed E-state index contributed by atoms with van der Waals surface area (Å²) < 4.78 is 5.15. The predicted molar refractivity (Wildman–Crippen MR) is 75.8 cm³/mol. The number of hydrogen-bond donors (Lipinski definition) is 1. The van der Waals surface area contributed by atoms with Gasteiger partial charge in [-0.25, -0.2) is 4.79 Å². The molecule has 0 spiro atoms. The molecule has 21 heavy (non-hydrogen) atoms. The Morgan fingerprint density at radius 2 is 1.90 bits per heavy atom. The van der Waals surface area contributed by atoms with Gasteiger partial charge in [-0.2, -0.15) is 0 Å². The average Bonchev–Trinajstić information content (AvgIpc) is 2.46. The van der Waals surface area contributed by atoms with Crippen molar-refractivity contribution in [1.82, 2.24) is 0 Å². The summed E-state index contributed by atoms with van der Waals surface area (Å²) in [7, 11) is 0. The molecule has 0 saturated carbocycles. The average molecular weight is 293 g/mol. The third-order valence-corrected chi connectivity index (χ3v) is 3.41. The van der Waals surface area contributed by atoms with E-state index >= 15 is 0 Å². The van der Waals surface area contributed by atoms with Gasteiger partial charge in [-0.05, 0) is 19.4 Å². The summed E-state index contributed by atoms with van der Waals surface area (Å²) in [4.78, 5) is 22.9. The van der Waals surface area contributed by atoms with E-state index in [9.17, 15) is 19.8 Å². The summed E-state index contributed by atoms with van der Waals surface area (Å²) in [6, 6.07) is 5.76. The Kier molecular flexibility index (Phi) is 6.88. The van der Waals surface area contributed by atoms with Crippen molar-refractivity contribution in [2.24, 2.45) is 5.92 Å². The van der Waals surface area contributed by atoms with Crippen molar-refractivity contribution in [2.45, 2.75) is 39.2 Å². The van der Waals surface area contributed by atoms with Crippen molar-refractivity contribution in [2.75, 3.05) is 6.61 Å². The zero-order valence-corrected chi connectivity index (χ0v) is 12.4. The Morgan fingerprint density at radius 3 is 2.43 bits per heavy atom. The van der Waals surface area contributed by atoms with Gasteiger partial charge < -0.3 is 19.7 Å². The Morgan fingerprint density at radius 1 is 1.29 bits per heavy atom. The quantitative estimate of drug-likeness (QED) is 0.732. The van der Waals surface area contributed by atoms with Crippen molar-refractivity contribution >= 4 is 11.9 Å². The normalized spacial score (nSPS) is 13.5. The molecule has 5 nitrogen and oxygen atoms in total. The van der Waals surface area contributed by atoms with Gasteiger partial charge in [0.2, 0.25) is 0 Å². The van der Waals surface area contributed by atoms with Crippen LogP contribution in [0.25, 0.3) is 0 Å². The lowest BCUT2D eigenvalue weighted by Crippen LogP contribution is -2.27. The molecular formula is C16H21O5-. The molecule has 0 saturated heterocycles. The van der Waals surface area contributed by atoms with Gasteiger partial charge in [-0.15, -0.1) is 0 Å². The van der Waals surface area contributed by atoms with Crippen LogP contribution >= 0.6 is 0 Å². The highest BCUT2D eigenvalue weighted by molar-refractivity contribution is 6.01. The van der Waals surface area contributed by atoms with Crippen LogP contribution < -0.4 is 5.11 Å². The third-order valence-electron chi connectivity index (χ3n) is 3.41. The standard InChI is InChI=1S/C16H22O5/c1-3-4-7-12(11(2)17)10-21-16(20)14-9-6-5-8-13(14)15(18)19/h5-6,8-9,11-12,17H,3-4,7,10H2,1-2H3,(H,18,19)/p-1. The molecule has 0 aliphatic rings. The number of unbranched alkanes of at least 4 members (excludes halogenated alkanes) is 1. The number of carbonyl (C=O) groups excluding carboxylic acids is 2. The van der Waals surface area contributed by atoms with Crippen LogP contribution in [0.1, 0.15) is 53.8 Å². The molecule has 0 fully saturated rings. The van der Waals surface area contributed by atoms with E-state index in [1.165, 1.54) is 18.2 Å². The van der Waals surface area contributed by atoms with E-state index in [4.69, 9.17) is 4.74 Å². The van der Waals surface area contributed by atoms with Gasteiger partial charge in [0.25, 0.3) is 0 Å². The first-order valence-electron chi connectivity index (χ1n) is 7.13. The van der Waals surface area contributed by atoms with Crippen LogP contribution in [0.3, 0.4) is 0 Å². The number of carboxylic acids is 1. The lowest BCUT2D eigenvalue weighted by molar-refractivity contribution is -0.255. The van der Waals surface area contributed by atoms with E-state index in [0.717, 1.165) is 19.3 Å². The highest BCUT2D eigenvalue weighted by Crippen LogP contribution is 2.16. The number of rotatable bonds is 8. The molecule has 2 atom stereocenters. The van der Waals surface area contributed by atoms with Crippen LogP contribution in [0.15, 0.2) is 24.3 Å². The molecule has 0 aliphatic carbocycles. The molecule has 0 bridgehead atoms. The van der Waals surface area contributed by atoms with Crippen LogP contribution in [0.2, 0.25) is 0 Å². The van der Waals surface area contributed by atoms with Crippen LogP contribution in [0.4, 0.5) is 0 Å². The Hall–Kier alpha value is -1.88. The van der Waals surface area contributed by atoms with Crippen molar-refractivity contribution in [1.29, 1.82) is 0 Å². The molecule has 0 aromatic heterocycles. The molecule has 116 valence electrons. The fourth-order valence-electron chi connectivity index (χ4n) is 2.03. The van der Waals surface area contributed by atoms with Gasteiger partial charge in [0, 0.05) is 11.5 Å². The number of aliphatic hydroxyl groups is 1. The smallest absolute Gasteiger partial charge is 0.338 e. The van der Waals surface area contributed by atoms with Crippen molar-refractivity contribution < 1.29 is 24.5 Å². The molecule has 5 heteroatoms. The summed E-state index contributed by atoms with van der Waals surface area (Å²) in [6.45, 7) is 3.77. The number of ether oxygens (including phenoxy) is 1. The fraction of sp³-hybridized carbons (Fsp3) is 0.500. The maximum atomic E-state index is 12.0. The number of benzene rings is 1. The summed E-state index contributed by atoms with van der Waals surface area (Å²) in [5.41, 5.74) is -0.220. The molecule has 0 amide bonds. The summed E-state index contributed by atoms with van der Waals surface area (Å²) >= 11 is 0. The largest absolute Gasteiger partial charge is 0.545 e. The second-order valence-electron chi connectivity index (χ2n) is 5.07. The van der Waals surface area contributed by atoms with Crippen LogP contribution in [0.5, 0.6) is 0 Å². The zero-order valence-electron chi connectivity index (χ0n) is 12.4. The minimum absolute atomic E-state index is 0.0302. The second-order valence-corrected chi connectivity index (χ2v) is 5.07. The van der Waals surface area contributed by atoms with E-state index in [1.807, 2.05) is 6.92 Å². The van der Waals surface area contributed by atoms with E-state index in [2.05, 4.69) is 0 Å². The lowest BCUT2D eigenvalue weighted by Gasteiger charge is -2.20. The third kappa shape index (κ3) is 5.19. The van der Waals surface area contributed by atoms with Crippen molar-refractivity contribution in [3.8, 4) is 0 Å². The predicted octanol–water partition coefficient (Wildman–Crippen LogP) is 1.39. The highest BCUT2D eigenvalue weighted by Gasteiger charge is 2.19. The minimum atomic E-state index is -1.42. The first-order valence-corrected chi connectivity index (χ1v) is 7.13. The van der Waals surface area contributed by atoms with E-state index < -0.39 is 18.0 Å². The van der Waals surface area contributed by atoms with E-state index in [0.29, 0.717) is 0 Å².